The molecule has 0 spiro atoms. The average Bonchev–Trinajstić information content (AvgIpc) is 2.41. The number of nitrogens with two attached hydrogens (primary N) is 1. The van der Waals surface area contributed by atoms with Crippen LogP contribution in [0.1, 0.15) is 11.1 Å². The molecular weight excluding hydrogens is 240 g/mol. The van der Waals surface area contributed by atoms with E-state index in [1.165, 1.54) is 11.1 Å². The van der Waals surface area contributed by atoms with Gasteiger partial charge in [-0.05, 0) is 29.7 Å². The predicted octanol–water partition coefficient (Wildman–Crippen LogP) is 0.925. The Morgan fingerprint density at radius 1 is 1.32 bits per heavy atom. The summed E-state index contributed by atoms with van der Waals surface area (Å²) in [5, 5.41) is 0. The molecular formula is C14H16N4O. The fraction of sp³-hybridized carbons (Fsp3) is 0.286. The van der Waals surface area contributed by atoms with E-state index in [-0.39, 0.29) is 5.56 Å². The Balaban J connectivity index is 1.97. The van der Waals surface area contributed by atoms with Crippen LogP contribution in [0.15, 0.2) is 35.4 Å². The monoisotopic (exact) mass is 256 g/mol. The fourth-order valence-corrected chi connectivity index (χ4v) is 2.46. The van der Waals surface area contributed by atoms with Gasteiger partial charge in [-0.3, -0.25) is 4.79 Å². The molecule has 0 bridgehead atoms. The molecule has 0 aliphatic carbocycles. The summed E-state index contributed by atoms with van der Waals surface area (Å²) in [4.78, 5) is 18.3. The summed E-state index contributed by atoms with van der Waals surface area (Å²) in [5.74, 6) is 0.512. The fourth-order valence-electron chi connectivity index (χ4n) is 2.46. The molecule has 1 aromatic heterocycles. The van der Waals surface area contributed by atoms with Crippen molar-refractivity contribution in [2.24, 2.45) is 7.05 Å². The van der Waals surface area contributed by atoms with E-state index in [0.717, 1.165) is 18.7 Å². The Hall–Kier alpha value is -2.30. The highest BCUT2D eigenvalue weighted by molar-refractivity contribution is 5.49. The van der Waals surface area contributed by atoms with Gasteiger partial charge in [-0.25, -0.2) is 4.98 Å². The number of rotatable bonds is 1. The summed E-state index contributed by atoms with van der Waals surface area (Å²) < 4.78 is 1.55. The average molecular weight is 256 g/mol. The first kappa shape index (κ1) is 11.8. The summed E-state index contributed by atoms with van der Waals surface area (Å²) in [7, 11) is 1.74. The van der Waals surface area contributed by atoms with E-state index in [2.05, 4.69) is 11.1 Å². The SMILES string of the molecule is Cn1ccnc(N2CCc3ccc(N)cc3C2)c1=O. The number of benzene rings is 1. The van der Waals surface area contributed by atoms with Gasteiger partial charge in [0.05, 0.1) is 0 Å². The lowest BCUT2D eigenvalue weighted by Gasteiger charge is -2.29. The molecule has 0 atom stereocenters. The van der Waals surface area contributed by atoms with Crippen LogP contribution in [0.3, 0.4) is 0 Å². The first-order valence-electron chi connectivity index (χ1n) is 6.29. The first-order chi connectivity index (χ1) is 9.15. The molecule has 2 heterocycles. The maximum Gasteiger partial charge on any atom is 0.293 e. The largest absolute Gasteiger partial charge is 0.399 e. The molecule has 0 saturated carbocycles. The quantitative estimate of drug-likeness (QED) is 0.771. The van der Waals surface area contributed by atoms with E-state index in [1.807, 2.05) is 17.0 Å². The Morgan fingerprint density at radius 2 is 2.16 bits per heavy atom. The van der Waals surface area contributed by atoms with Crippen LogP contribution < -0.4 is 16.2 Å². The normalized spacial score (nSPS) is 14.3. The first-order valence-corrected chi connectivity index (χ1v) is 6.29. The minimum Gasteiger partial charge on any atom is -0.399 e. The van der Waals surface area contributed by atoms with Gasteiger partial charge < -0.3 is 15.2 Å². The number of nitrogen functional groups attached to an aromatic ring is 1. The van der Waals surface area contributed by atoms with Crippen LogP contribution in [0, 0.1) is 0 Å². The van der Waals surface area contributed by atoms with Crippen LogP contribution >= 0.6 is 0 Å². The van der Waals surface area contributed by atoms with E-state index >= 15 is 0 Å². The summed E-state index contributed by atoms with van der Waals surface area (Å²) in [6, 6.07) is 5.97. The second kappa shape index (κ2) is 4.42. The third-order valence-electron chi connectivity index (χ3n) is 3.54. The van der Waals surface area contributed by atoms with Crippen molar-refractivity contribution in [1.29, 1.82) is 0 Å². The van der Waals surface area contributed by atoms with Crippen molar-refractivity contribution in [2.75, 3.05) is 17.2 Å². The van der Waals surface area contributed by atoms with Crippen LogP contribution in [-0.4, -0.2) is 16.1 Å². The van der Waals surface area contributed by atoms with Crippen LogP contribution in [0.25, 0.3) is 0 Å². The Morgan fingerprint density at radius 3 is 3.00 bits per heavy atom. The van der Waals surface area contributed by atoms with Crippen molar-refractivity contribution in [3.63, 3.8) is 0 Å². The molecule has 0 saturated heterocycles. The van der Waals surface area contributed by atoms with Crippen molar-refractivity contribution in [3.8, 4) is 0 Å². The van der Waals surface area contributed by atoms with Crippen molar-refractivity contribution in [1.82, 2.24) is 9.55 Å². The van der Waals surface area contributed by atoms with Crippen LogP contribution in [-0.2, 0) is 20.0 Å². The number of fused-ring (bicyclic) bond motifs is 1. The molecule has 5 heteroatoms. The summed E-state index contributed by atoms with van der Waals surface area (Å²) in [6.45, 7) is 1.50. The molecule has 1 aliphatic heterocycles. The molecule has 98 valence electrons. The minimum absolute atomic E-state index is 0.0603. The molecule has 2 aromatic rings. The van der Waals surface area contributed by atoms with Gasteiger partial charge in [0.25, 0.3) is 5.56 Å². The van der Waals surface area contributed by atoms with Crippen LogP contribution in [0.2, 0.25) is 0 Å². The van der Waals surface area contributed by atoms with Crippen molar-refractivity contribution in [3.05, 3.63) is 52.1 Å². The van der Waals surface area contributed by atoms with Gasteiger partial charge in [0.15, 0.2) is 5.82 Å². The van der Waals surface area contributed by atoms with Gasteiger partial charge in [0.1, 0.15) is 0 Å². The van der Waals surface area contributed by atoms with E-state index in [9.17, 15) is 4.79 Å². The maximum atomic E-state index is 12.1. The van der Waals surface area contributed by atoms with Gasteiger partial charge >= 0.3 is 0 Å². The molecule has 1 aliphatic rings. The zero-order chi connectivity index (χ0) is 13.4. The molecule has 3 rings (SSSR count). The summed E-state index contributed by atoms with van der Waals surface area (Å²) in [5.41, 5.74) is 9.00. The van der Waals surface area contributed by atoms with E-state index in [4.69, 9.17) is 5.73 Å². The number of nitrogens with zero attached hydrogens (tertiary/aromatic N) is 3. The maximum absolute atomic E-state index is 12.1. The number of aryl methyl sites for hydroxylation is 1. The molecule has 2 N–H and O–H groups in total. The molecule has 19 heavy (non-hydrogen) atoms. The smallest absolute Gasteiger partial charge is 0.293 e. The van der Waals surface area contributed by atoms with Crippen molar-refractivity contribution >= 4 is 11.5 Å². The number of hydrogen-bond acceptors (Lipinski definition) is 4. The second-order valence-electron chi connectivity index (χ2n) is 4.87. The van der Waals surface area contributed by atoms with Gasteiger partial charge in [0.2, 0.25) is 0 Å². The van der Waals surface area contributed by atoms with Gasteiger partial charge in [-0.1, -0.05) is 6.07 Å². The number of hydrogen-bond donors (Lipinski definition) is 1. The zero-order valence-electron chi connectivity index (χ0n) is 10.8. The summed E-state index contributed by atoms with van der Waals surface area (Å²) in [6.07, 6.45) is 4.24. The van der Waals surface area contributed by atoms with E-state index in [1.54, 1.807) is 24.0 Å². The Bertz CT molecular complexity index is 677. The zero-order valence-corrected chi connectivity index (χ0v) is 10.8. The Kier molecular flexibility index (Phi) is 2.74. The lowest BCUT2D eigenvalue weighted by molar-refractivity contribution is 0.702. The third-order valence-corrected chi connectivity index (χ3v) is 3.54. The molecule has 0 radical (unpaired) electrons. The molecule has 0 fully saturated rings. The van der Waals surface area contributed by atoms with E-state index in [0.29, 0.717) is 12.4 Å². The highest BCUT2D eigenvalue weighted by Gasteiger charge is 2.19. The highest BCUT2D eigenvalue weighted by atomic mass is 16.1. The summed E-state index contributed by atoms with van der Waals surface area (Å²) >= 11 is 0. The lowest BCUT2D eigenvalue weighted by Crippen LogP contribution is -2.36. The van der Waals surface area contributed by atoms with Crippen LogP contribution in [0.4, 0.5) is 11.5 Å². The number of anilines is 2. The number of aromatic nitrogens is 2. The van der Waals surface area contributed by atoms with Crippen LogP contribution in [0.5, 0.6) is 0 Å². The Labute approximate surface area is 111 Å². The molecule has 0 amide bonds. The molecule has 1 aromatic carbocycles. The second-order valence-corrected chi connectivity index (χ2v) is 4.87. The third kappa shape index (κ3) is 2.07. The lowest BCUT2D eigenvalue weighted by atomic mass is 9.99. The minimum atomic E-state index is -0.0603. The van der Waals surface area contributed by atoms with Crippen molar-refractivity contribution < 1.29 is 0 Å². The van der Waals surface area contributed by atoms with Gasteiger partial charge in [-0.15, -0.1) is 0 Å². The van der Waals surface area contributed by atoms with Gasteiger partial charge in [-0.2, -0.15) is 0 Å². The highest BCUT2D eigenvalue weighted by Crippen LogP contribution is 2.23. The van der Waals surface area contributed by atoms with Crippen molar-refractivity contribution in [2.45, 2.75) is 13.0 Å². The predicted molar refractivity (Wildman–Crippen MR) is 75.1 cm³/mol. The van der Waals surface area contributed by atoms with Gasteiger partial charge in [0, 0.05) is 38.2 Å². The standard InChI is InChI=1S/C14H16N4O/c1-17-7-5-16-13(14(17)19)18-6-4-10-2-3-12(15)8-11(10)9-18/h2-3,5,7-8H,4,6,9,15H2,1H3. The van der Waals surface area contributed by atoms with E-state index < -0.39 is 0 Å². The molecule has 5 nitrogen and oxygen atoms in total. The topological polar surface area (TPSA) is 64.2 Å². The molecule has 0 unspecified atom stereocenters.